The van der Waals surface area contributed by atoms with Crippen LogP contribution in [0.3, 0.4) is 0 Å². The number of benzene rings is 1. The zero-order chi connectivity index (χ0) is 14.5. The van der Waals surface area contributed by atoms with Gasteiger partial charge in [-0.2, -0.15) is 0 Å². The predicted octanol–water partition coefficient (Wildman–Crippen LogP) is 2.78. The van der Waals surface area contributed by atoms with Crippen molar-refractivity contribution >= 4 is 0 Å². The summed E-state index contributed by atoms with van der Waals surface area (Å²) >= 11 is 0. The van der Waals surface area contributed by atoms with Crippen molar-refractivity contribution in [2.24, 2.45) is 5.92 Å². The number of aryl methyl sites for hydroxylation is 2. The number of aliphatic hydroxyl groups is 1. The fraction of sp³-hybridized carbons (Fsp3) is 0.647. The molecular formula is C17H27NO2. The lowest BCUT2D eigenvalue weighted by atomic mass is 9.99. The van der Waals surface area contributed by atoms with Gasteiger partial charge in [-0.3, -0.25) is 0 Å². The summed E-state index contributed by atoms with van der Waals surface area (Å²) in [5, 5.41) is 10.1. The molecule has 0 aromatic heterocycles. The van der Waals surface area contributed by atoms with Crippen LogP contribution in [0.1, 0.15) is 30.9 Å². The van der Waals surface area contributed by atoms with Gasteiger partial charge in [0.25, 0.3) is 0 Å². The van der Waals surface area contributed by atoms with Crippen LogP contribution in [0.25, 0.3) is 0 Å². The monoisotopic (exact) mass is 277 g/mol. The van der Waals surface area contributed by atoms with Crippen molar-refractivity contribution in [3.05, 3.63) is 29.3 Å². The molecule has 0 radical (unpaired) electrons. The van der Waals surface area contributed by atoms with Crippen LogP contribution in [0.15, 0.2) is 18.2 Å². The van der Waals surface area contributed by atoms with Crippen LogP contribution >= 0.6 is 0 Å². The van der Waals surface area contributed by atoms with Crippen molar-refractivity contribution in [2.45, 2.75) is 39.7 Å². The van der Waals surface area contributed by atoms with Crippen molar-refractivity contribution in [1.82, 2.24) is 4.90 Å². The Morgan fingerprint density at radius 1 is 1.30 bits per heavy atom. The maximum atomic E-state index is 10.1. The minimum absolute atomic E-state index is 0.371. The third-order valence-electron chi connectivity index (χ3n) is 4.11. The van der Waals surface area contributed by atoms with Crippen LogP contribution < -0.4 is 4.74 Å². The van der Waals surface area contributed by atoms with Gasteiger partial charge in [-0.25, -0.2) is 0 Å². The number of ether oxygens (including phenoxy) is 1. The number of likely N-dealkylation sites (tertiary alicyclic amines) is 1. The van der Waals surface area contributed by atoms with E-state index < -0.39 is 6.10 Å². The molecule has 1 fully saturated rings. The second kappa shape index (κ2) is 7.09. The highest BCUT2D eigenvalue weighted by Crippen LogP contribution is 2.19. The zero-order valence-corrected chi connectivity index (χ0v) is 12.9. The van der Waals surface area contributed by atoms with E-state index in [4.69, 9.17) is 4.74 Å². The Bertz CT molecular complexity index is 425. The van der Waals surface area contributed by atoms with Gasteiger partial charge in [0.2, 0.25) is 0 Å². The van der Waals surface area contributed by atoms with Crippen molar-refractivity contribution in [3.8, 4) is 5.75 Å². The number of hydrogen-bond donors (Lipinski definition) is 1. The summed E-state index contributed by atoms with van der Waals surface area (Å²) in [6.45, 7) is 9.71. The first-order valence-electron chi connectivity index (χ1n) is 7.65. The number of β-amino-alcohol motifs (C(OH)–C–C–N with tert-alkyl or cyclic N) is 1. The highest BCUT2D eigenvalue weighted by atomic mass is 16.5. The van der Waals surface area contributed by atoms with Gasteiger partial charge in [0.15, 0.2) is 0 Å². The lowest BCUT2D eigenvalue weighted by Crippen LogP contribution is -2.40. The normalized spacial score (nSPS) is 19.0. The Kier molecular flexibility index (Phi) is 5.44. The van der Waals surface area contributed by atoms with E-state index in [2.05, 4.69) is 24.8 Å². The summed E-state index contributed by atoms with van der Waals surface area (Å²) in [6.07, 6.45) is 2.07. The zero-order valence-electron chi connectivity index (χ0n) is 12.9. The quantitative estimate of drug-likeness (QED) is 0.898. The first-order chi connectivity index (χ1) is 9.54. The summed E-state index contributed by atoms with van der Waals surface area (Å²) in [6, 6.07) is 6.13. The molecular weight excluding hydrogens is 250 g/mol. The van der Waals surface area contributed by atoms with Gasteiger partial charge in [0.1, 0.15) is 18.5 Å². The summed E-state index contributed by atoms with van der Waals surface area (Å²) in [7, 11) is 0. The van der Waals surface area contributed by atoms with Crippen molar-refractivity contribution in [3.63, 3.8) is 0 Å². The van der Waals surface area contributed by atoms with Gasteiger partial charge in [-0.05, 0) is 57.3 Å². The van der Waals surface area contributed by atoms with Crippen LogP contribution in [-0.4, -0.2) is 42.4 Å². The summed E-state index contributed by atoms with van der Waals surface area (Å²) in [5.41, 5.74) is 2.36. The van der Waals surface area contributed by atoms with E-state index in [-0.39, 0.29) is 0 Å². The Balaban J connectivity index is 1.76. The molecule has 0 saturated carbocycles. The molecule has 112 valence electrons. The molecule has 1 aliphatic rings. The Morgan fingerprint density at radius 2 is 2.00 bits per heavy atom. The van der Waals surface area contributed by atoms with Gasteiger partial charge >= 0.3 is 0 Å². The maximum Gasteiger partial charge on any atom is 0.122 e. The molecule has 1 aromatic rings. The molecule has 3 nitrogen and oxygen atoms in total. The fourth-order valence-electron chi connectivity index (χ4n) is 2.74. The first-order valence-corrected chi connectivity index (χ1v) is 7.65. The number of hydrogen-bond acceptors (Lipinski definition) is 3. The fourth-order valence-corrected chi connectivity index (χ4v) is 2.74. The third-order valence-corrected chi connectivity index (χ3v) is 4.11. The van der Waals surface area contributed by atoms with Gasteiger partial charge in [0, 0.05) is 6.54 Å². The van der Waals surface area contributed by atoms with E-state index >= 15 is 0 Å². The second-order valence-electron chi connectivity index (χ2n) is 6.22. The minimum atomic E-state index is -0.413. The van der Waals surface area contributed by atoms with Gasteiger partial charge in [0.05, 0.1) is 0 Å². The smallest absolute Gasteiger partial charge is 0.122 e. The predicted molar refractivity (Wildman–Crippen MR) is 82.3 cm³/mol. The van der Waals surface area contributed by atoms with Crippen molar-refractivity contribution in [1.29, 1.82) is 0 Å². The van der Waals surface area contributed by atoms with E-state index in [9.17, 15) is 5.11 Å². The molecule has 20 heavy (non-hydrogen) atoms. The molecule has 0 spiro atoms. The molecule has 1 saturated heterocycles. The Morgan fingerprint density at radius 3 is 2.65 bits per heavy atom. The standard InChI is InChI=1S/C17H27NO2/c1-13-6-8-18(9-7-13)11-16(19)12-20-17-5-4-14(2)10-15(17)3/h4-5,10,13,16,19H,6-9,11-12H2,1-3H3. The average molecular weight is 277 g/mol. The van der Waals surface area contributed by atoms with Crippen LogP contribution in [0, 0.1) is 19.8 Å². The third kappa shape index (κ3) is 4.50. The number of rotatable bonds is 5. The highest BCUT2D eigenvalue weighted by Gasteiger charge is 2.18. The van der Waals surface area contributed by atoms with Crippen molar-refractivity contribution in [2.75, 3.05) is 26.2 Å². The molecule has 1 N–H and O–H groups in total. The lowest BCUT2D eigenvalue weighted by molar-refractivity contribution is 0.0561. The summed E-state index contributed by atoms with van der Waals surface area (Å²) in [5.74, 6) is 1.71. The van der Waals surface area contributed by atoms with Crippen LogP contribution in [0.2, 0.25) is 0 Å². The van der Waals surface area contributed by atoms with E-state index in [0.29, 0.717) is 6.61 Å². The molecule has 0 aliphatic carbocycles. The largest absolute Gasteiger partial charge is 0.491 e. The van der Waals surface area contributed by atoms with Crippen LogP contribution in [0.5, 0.6) is 5.75 Å². The highest BCUT2D eigenvalue weighted by molar-refractivity contribution is 5.35. The summed E-state index contributed by atoms with van der Waals surface area (Å²) < 4.78 is 5.74. The minimum Gasteiger partial charge on any atom is -0.491 e. The Hall–Kier alpha value is -1.06. The van der Waals surface area contributed by atoms with E-state index in [1.54, 1.807) is 0 Å². The SMILES string of the molecule is Cc1ccc(OCC(O)CN2CCC(C)CC2)c(C)c1. The number of piperidine rings is 1. The Labute approximate surface area is 122 Å². The second-order valence-corrected chi connectivity index (χ2v) is 6.22. The number of aliphatic hydroxyl groups excluding tert-OH is 1. The lowest BCUT2D eigenvalue weighted by Gasteiger charge is -2.31. The van der Waals surface area contributed by atoms with Crippen LogP contribution in [-0.2, 0) is 0 Å². The summed E-state index contributed by atoms with van der Waals surface area (Å²) in [4.78, 5) is 2.34. The first kappa shape index (κ1) is 15.3. The van der Waals surface area contributed by atoms with Gasteiger partial charge in [-0.15, -0.1) is 0 Å². The maximum absolute atomic E-state index is 10.1. The van der Waals surface area contributed by atoms with E-state index in [0.717, 1.165) is 36.9 Å². The number of nitrogens with zero attached hydrogens (tertiary/aromatic N) is 1. The molecule has 1 unspecified atom stereocenters. The molecule has 1 aromatic carbocycles. The molecule has 3 heteroatoms. The van der Waals surface area contributed by atoms with Gasteiger partial charge < -0.3 is 14.7 Å². The average Bonchev–Trinajstić information content (AvgIpc) is 2.40. The molecule has 0 bridgehead atoms. The van der Waals surface area contributed by atoms with Gasteiger partial charge in [-0.1, -0.05) is 24.6 Å². The van der Waals surface area contributed by atoms with Crippen molar-refractivity contribution < 1.29 is 9.84 Å². The van der Waals surface area contributed by atoms with Crippen LogP contribution in [0.4, 0.5) is 0 Å². The molecule has 1 aliphatic heterocycles. The van der Waals surface area contributed by atoms with E-state index in [1.165, 1.54) is 18.4 Å². The molecule has 0 amide bonds. The topological polar surface area (TPSA) is 32.7 Å². The molecule has 2 rings (SSSR count). The molecule has 1 heterocycles. The molecule has 1 atom stereocenters. The van der Waals surface area contributed by atoms with E-state index in [1.807, 2.05) is 19.1 Å².